The Bertz CT molecular complexity index is 426. The highest BCUT2D eigenvalue weighted by Crippen LogP contribution is 2.19. The van der Waals surface area contributed by atoms with E-state index in [1.165, 1.54) is 12.3 Å². The number of hydrogen-bond donors (Lipinski definition) is 2. The number of sulfone groups is 1. The molecule has 1 rings (SSSR count). The summed E-state index contributed by atoms with van der Waals surface area (Å²) in [6, 6.07) is 4.86. The van der Waals surface area contributed by atoms with Gasteiger partial charge in [0.1, 0.15) is 0 Å². The lowest BCUT2D eigenvalue weighted by Gasteiger charge is -2.07. The summed E-state index contributed by atoms with van der Waals surface area (Å²) in [5.41, 5.74) is 12.1. The van der Waals surface area contributed by atoms with Crippen molar-refractivity contribution >= 4 is 15.5 Å². The number of nitrogen functional groups attached to an aromatic ring is 1. The lowest BCUT2D eigenvalue weighted by molar-refractivity contribution is 0.600. The minimum absolute atomic E-state index is 0.281. The number of hydrogen-bond acceptors (Lipinski definition) is 4. The van der Waals surface area contributed by atoms with Gasteiger partial charge in [-0.05, 0) is 30.7 Å². The topological polar surface area (TPSA) is 86.2 Å². The molecule has 1 aromatic rings. The first kappa shape index (κ1) is 11.0. The Morgan fingerprint density at radius 3 is 2.50 bits per heavy atom. The van der Waals surface area contributed by atoms with Crippen molar-refractivity contribution in [3.05, 3.63) is 23.8 Å². The standard InChI is InChI=1S/C9H14N2O2S/c1-14(12,13)9-6-8(11)3-2-7(9)4-5-10/h2-3,6H,4-5,10-11H2,1H3. The molecule has 0 aliphatic rings. The van der Waals surface area contributed by atoms with E-state index < -0.39 is 9.84 Å². The maximum atomic E-state index is 11.4. The lowest BCUT2D eigenvalue weighted by atomic mass is 10.1. The third-order valence-corrected chi connectivity index (χ3v) is 3.08. The van der Waals surface area contributed by atoms with Crippen molar-refractivity contribution < 1.29 is 8.42 Å². The third-order valence-electron chi connectivity index (χ3n) is 1.90. The van der Waals surface area contributed by atoms with Crippen LogP contribution in [0, 0.1) is 0 Å². The molecule has 5 heteroatoms. The van der Waals surface area contributed by atoms with Gasteiger partial charge in [0, 0.05) is 11.9 Å². The fraction of sp³-hybridized carbons (Fsp3) is 0.333. The largest absolute Gasteiger partial charge is 0.399 e. The van der Waals surface area contributed by atoms with Crippen LogP contribution in [0.25, 0.3) is 0 Å². The summed E-state index contributed by atoms with van der Waals surface area (Å²) >= 11 is 0. The van der Waals surface area contributed by atoms with Crippen LogP contribution >= 0.6 is 0 Å². The molecule has 0 aliphatic heterocycles. The summed E-state index contributed by atoms with van der Waals surface area (Å²) in [4.78, 5) is 0.281. The van der Waals surface area contributed by atoms with Gasteiger partial charge in [0.15, 0.2) is 9.84 Å². The second-order valence-corrected chi connectivity index (χ2v) is 5.16. The number of anilines is 1. The van der Waals surface area contributed by atoms with E-state index in [-0.39, 0.29) is 4.90 Å². The summed E-state index contributed by atoms with van der Waals surface area (Å²) in [5.74, 6) is 0. The van der Waals surface area contributed by atoms with Gasteiger partial charge in [0.25, 0.3) is 0 Å². The van der Waals surface area contributed by atoms with Crippen molar-refractivity contribution in [2.45, 2.75) is 11.3 Å². The summed E-state index contributed by atoms with van der Waals surface area (Å²) in [5, 5.41) is 0. The van der Waals surface area contributed by atoms with Gasteiger partial charge in [-0.1, -0.05) is 6.07 Å². The maximum Gasteiger partial charge on any atom is 0.175 e. The lowest BCUT2D eigenvalue weighted by Crippen LogP contribution is -2.09. The second kappa shape index (κ2) is 3.98. The Labute approximate surface area is 83.8 Å². The minimum atomic E-state index is -3.21. The van der Waals surface area contributed by atoms with Crippen molar-refractivity contribution in [2.75, 3.05) is 18.5 Å². The molecule has 0 fully saturated rings. The van der Waals surface area contributed by atoms with E-state index in [0.29, 0.717) is 18.7 Å². The molecule has 78 valence electrons. The van der Waals surface area contributed by atoms with Crippen molar-refractivity contribution in [3.63, 3.8) is 0 Å². The molecule has 0 spiro atoms. The van der Waals surface area contributed by atoms with Crippen LogP contribution in [0.5, 0.6) is 0 Å². The summed E-state index contributed by atoms with van der Waals surface area (Å²) < 4.78 is 22.8. The molecule has 0 aliphatic carbocycles. The molecule has 0 saturated heterocycles. The number of nitrogens with two attached hydrogens (primary N) is 2. The first-order valence-electron chi connectivity index (χ1n) is 4.23. The van der Waals surface area contributed by atoms with Gasteiger partial charge in [-0.25, -0.2) is 8.42 Å². The smallest absolute Gasteiger partial charge is 0.175 e. The summed E-state index contributed by atoms with van der Waals surface area (Å²) in [6.45, 7) is 0.423. The predicted molar refractivity (Wildman–Crippen MR) is 56.7 cm³/mol. The average molecular weight is 214 g/mol. The normalized spacial score (nSPS) is 11.6. The van der Waals surface area contributed by atoms with Crippen LogP contribution in [0.4, 0.5) is 5.69 Å². The summed E-state index contributed by atoms with van der Waals surface area (Å²) in [7, 11) is -3.21. The van der Waals surface area contributed by atoms with E-state index in [4.69, 9.17) is 11.5 Å². The molecular weight excluding hydrogens is 200 g/mol. The average Bonchev–Trinajstić information content (AvgIpc) is 2.07. The monoisotopic (exact) mass is 214 g/mol. The molecule has 1 aromatic carbocycles. The van der Waals surface area contributed by atoms with Crippen LogP contribution in [-0.4, -0.2) is 21.2 Å². The highest BCUT2D eigenvalue weighted by molar-refractivity contribution is 7.90. The second-order valence-electron chi connectivity index (χ2n) is 3.18. The molecule has 4 nitrogen and oxygen atoms in total. The Hall–Kier alpha value is -1.07. The van der Waals surface area contributed by atoms with E-state index in [0.717, 1.165) is 5.56 Å². The SMILES string of the molecule is CS(=O)(=O)c1cc(N)ccc1CCN. The Morgan fingerprint density at radius 1 is 1.36 bits per heavy atom. The molecule has 0 aromatic heterocycles. The molecule has 14 heavy (non-hydrogen) atoms. The zero-order chi connectivity index (χ0) is 10.8. The molecule has 0 heterocycles. The Kier molecular flexibility index (Phi) is 3.13. The van der Waals surface area contributed by atoms with Gasteiger partial charge in [0.2, 0.25) is 0 Å². The molecule has 0 atom stereocenters. The molecule has 0 radical (unpaired) electrons. The van der Waals surface area contributed by atoms with Crippen LogP contribution in [0.3, 0.4) is 0 Å². The van der Waals surface area contributed by atoms with Crippen LogP contribution in [0.15, 0.2) is 23.1 Å². The number of rotatable bonds is 3. The quantitative estimate of drug-likeness (QED) is 0.702. The third kappa shape index (κ3) is 2.46. The molecule has 0 saturated carbocycles. The van der Waals surface area contributed by atoms with E-state index in [1.54, 1.807) is 12.1 Å². The first-order valence-corrected chi connectivity index (χ1v) is 6.13. The van der Waals surface area contributed by atoms with E-state index in [2.05, 4.69) is 0 Å². The zero-order valence-electron chi connectivity index (χ0n) is 8.03. The fourth-order valence-corrected chi connectivity index (χ4v) is 2.27. The molecular formula is C9H14N2O2S. The van der Waals surface area contributed by atoms with Crippen molar-refractivity contribution in [2.24, 2.45) is 5.73 Å². The van der Waals surface area contributed by atoms with Crippen molar-refractivity contribution in [1.82, 2.24) is 0 Å². The summed E-state index contributed by atoms with van der Waals surface area (Å²) in [6.07, 6.45) is 1.71. The van der Waals surface area contributed by atoms with Crippen LogP contribution in [-0.2, 0) is 16.3 Å². The van der Waals surface area contributed by atoms with Gasteiger partial charge in [0.05, 0.1) is 4.90 Å². The van der Waals surface area contributed by atoms with Crippen LogP contribution in [0.1, 0.15) is 5.56 Å². The van der Waals surface area contributed by atoms with Crippen molar-refractivity contribution in [1.29, 1.82) is 0 Å². The van der Waals surface area contributed by atoms with E-state index >= 15 is 0 Å². The fourth-order valence-electron chi connectivity index (χ4n) is 1.28. The molecule has 0 bridgehead atoms. The maximum absolute atomic E-state index is 11.4. The first-order chi connectivity index (χ1) is 6.45. The Morgan fingerprint density at radius 2 is 2.00 bits per heavy atom. The van der Waals surface area contributed by atoms with E-state index in [1.807, 2.05) is 0 Å². The Balaban J connectivity index is 3.30. The van der Waals surface area contributed by atoms with Crippen molar-refractivity contribution in [3.8, 4) is 0 Å². The molecule has 0 amide bonds. The van der Waals surface area contributed by atoms with Crippen LogP contribution < -0.4 is 11.5 Å². The minimum Gasteiger partial charge on any atom is -0.399 e. The van der Waals surface area contributed by atoms with Gasteiger partial charge in [-0.15, -0.1) is 0 Å². The van der Waals surface area contributed by atoms with Crippen LogP contribution in [0.2, 0.25) is 0 Å². The molecule has 4 N–H and O–H groups in total. The molecule has 0 unspecified atom stereocenters. The van der Waals surface area contributed by atoms with Gasteiger partial charge in [-0.3, -0.25) is 0 Å². The van der Waals surface area contributed by atoms with E-state index in [9.17, 15) is 8.42 Å². The predicted octanol–water partition coefficient (Wildman–Crippen LogP) is 0.174. The number of benzene rings is 1. The highest BCUT2D eigenvalue weighted by atomic mass is 32.2. The van der Waals surface area contributed by atoms with Gasteiger partial charge in [-0.2, -0.15) is 0 Å². The highest BCUT2D eigenvalue weighted by Gasteiger charge is 2.12. The van der Waals surface area contributed by atoms with Gasteiger partial charge >= 0.3 is 0 Å². The zero-order valence-corrected chi connectivity index (χ0v) is 8.84. The van der Waals surface area contributed by atoms with Gasteiger partial charge < -0.3 is 11.5 Å².